The number of piperidine rings is 1. The van der Waals surface area contributed by atoms with Gasteiger partial charge in [0.05, 0.1) is 47.1 Å². The molecule has 0 aliphatic carbocycles. The van der Waals surface area contributed by atoms with Crippen molar-refractivity contribution in [3.8, 4) is 5.75 Å². The van der Waals surface area contributed by atoms with Gasteiger partial charge in [0.2, 0.25) is 29.6 Å². The van der Waals surface area contributed by atoms with Gasteiger partial charge in [-0.1, -0.05) is 12.1 Å². The number of benzene rings is 3. The number of fused-ring (bicyclic) bond motifs is 3. The molecule has 0 bridgehead atoms. The number of nitrogens with zero attached hydrogens (tertiary/aromatic N) is 5. The van der Waals surface area contributed by atoms with E-state index < -0.39 is 41.4 Å². The number of nitrogens with one attached hydrogen (secondary N) is 6. The molecule has 20 heteroatoms. The molecule has 3 aliphatic rings. The fourth-order valence-electron chi connectivity index (χ4n) is 7.96. The number of carbonyl (C=O) groups is 7. The van der Waals surface area contributed by atoms with Gasteiger partial charge in [-0.15, -0.1) is 0 Å². The van der Waals surface area contributed by atoms with Crippen molar-refractivity contribution in [1.82, 2.24) is 35.4 Å². The summed E-state index contributed by atoms with van der Waals surface area (Å²) in [7, 11) is 4.47. The second kappa shape index (κ2) is 17.2. The normalized spacial score (nSPS) is 15.5. The number of likely N-dealkylation sites (N-methyl/N-ethyl adjacent to an activating group) is 1. The Labute approximate surface area is 358 Å². The number of rotatable bonds is 14. The van der Waals surface area contributed by atoms with Crippen LogP contribution in [0, 0.1) is 5.82 Å². The van der Waals surface area contributed by atoms with Gasteiger partial charge in [-0.2, -0.15) is 9.97 Å². The summed E-state index contributed by atoms with van der Waals surface area (Å²) in [4.78, 5) is 106. The van der Waals surface area contributed by atoms with E-state index in [1.165, 1.54) is 37.3 Å². The second-order valence-corrected chi connectivity index (χ2v) is 15.1. The van der Waals surface area contributed by atoms with Crippen LogP contribution in [0.5, 0.6) is 5.75 Å². The van der Waals surface area contributed by atoms with Crippen LogP contribution in [0.1, 0.15) is 62.3 Å². The van der Waals surface area contributed by atoms with Gasteiger partial charge >= 0.3 is 0 Å². The topological polar surface area (TPSA) is 240 Å². The molecule has 3 aromatic carbocycles. The van der Waals surface area contributed by atoms with Crippen LogP contribution in [0.15, 0.2) is 60.8 Å². The van der Waals surface area contributed by atoms with Crippen molar-refractivity contribution >= 4 is 86.9 Å². The maximum Gasteiger partial charge on any atom is 0.264 e. The van der Waals surface area contributed by atoms with Crippen LogP contribution >= 0.6 is 0 Å². The highest BCUT2D eigenvalue weighted by molar-refractivity contribution is 6.25. The number of anilines is 6. The summed E-state index contributed by atoms with van der Waals surface area (Å²) in [5, 5.41) is 14.6. The summed E-state index contributed by atoms with van der Waals surface area (Å²) in [6.07, 6.45) is 2.69. The Morgan fingerprint density at radius 3 is 2.54 bits per heavy atom. The molecule has 3 aliphatic heterocycles. The van der Waals surface area contributed by atoms with Crippen LogP contribution in [0.4, 0.5) is 38.9 Å². The third kappa shape index (κ3) is 8.05. The number of amides is 7. The lowest BCUT2D eigenvalue weighted by molar-refractivity contribution is -0.136. The molecule has 8 rings (SSSR count). The van der Waals surface area contributed by atoms with Crippen LogP contribution in [0.25, 0.3) is 11.0 Å². The first kappa shape index (κ1) is 41.8. The predicted molar refractivity (Wildman–Crippen MR) is 228 cm³/mol. The van der Waals surface area contributed by atoms with E-state index in [9.17, 15) is 38.0 Å². The number of H-pyrrole nitrogens is 1. The van der Waals surface area contributed by atoms with Gasteiger partial charge in [0.1, 0.15) is 29.1 Å². The molecule has 324 valence electrons. The summed E-state index contributed by atoms with van der Waals surface area (Å²) >= 11 is 0. The lowest BCUT2D eigenvalue weighted by Gasteiger charge is -2.27. The van der Waals surface area contributed by atoms with Crippen molar-refractivity contribution in [3.05, 3.63) is 88.9 Å². The Kier molecular flexibility index (Phi) is 11.4. The summed E-state index contributed by atoms with van der Waals surface area (Å²) in [5.41, 5.74) is 3.01. The van der Waals surface area contributed by atoms with Gasteiger partial charge < -0.3 is 40.8 Å². The second-order valence-electron chi connectivity index (χ2n) is 15.1. The van der Waals surface area contributed by atoms with Gasteiger partial charge in [-0.05, 0) is 67.3 Å². The van der Waals surface area contributed by atoms with Crippen molar-refractivity contribution in [2.45, 2.75) is 38.1 Å². The fraction of sp³-hybridized carbons (Fsp3) is 0.279. The van der Waals surface area contributed by atoms with Crippen molar-refractivity contribution in [2.75, 3.05) is 61.7 Å². The Hall–Kier alpha value is -7.90. The summed E-state index contributed by atoms with van der Waals surface area (Å²) < 4.78 is 20.5. The number of methoxy groups -OCH3 is 1. The zero-order chi connectivity index (χ0) is 44.5. The molecule has 1 fully saturated rings. The van der Waals surface area contributed by atoms with Gasteiger partial charge in [0.25, 0.3) is 17.7 Å². The minimum atomic E-state index is -1.09. The molecule has 7 amide bonds. The SMILES string of the molecule is CNC(=O)c1c(F)cccc1Nc1nc(Nc2cc3c(cc2OC)CCN3C(=O)CN(C)C(=O)CCCNc2cccc3c2C(=O)N(C2CCC(=O)NC2=O)C3=O)nc2[nH]ccc12. The number of imide groups is 2. The minimum absolute atomic E-state index is 0.0108. The van der Waals surface area contributed by atoms with E-state index in [1.807, 2.05) is 6.07 Å². The number of hydrogen-bond donors (Lipinski definition) is 6. The van der Waals surface area contributed by atoms with E-state index in [4.69, 9.17) is 4.74 Å². The number of halogens is 1. The van der Waals surface area contributed by atoms with Crippen molar-refractivity contribution < 1.29 is 42.7 Å². The van der Waals surface area contributed by atoms with Crippen LogP contribution in [0.2, 0.25) is 0 Å². The lowest BCUT2D eigenvalue weighted by atomic mass is 10.0. The zero-order valence-corrected chi connectivity index (χ0v) is 34.4. The van der Waals surface area contributed by atoms with E-state index in [0.29, 0.717) is 53.2 Å². The predicted octanol–water partition coefficient (Wildman–Crippen LogP) is 3.59. The largest absolute Gasteiger partial charge is 0.495 e. The highest BCUT2D eigenvalue weighted by Gasteiger charge is 2.45. The third-order valence-corrected chi connectivity index (χ3v) is 11.1. The number of ether oxygens (including phenoxy) is 1. The van der Waals surface area contributed by atoms with E-state index in [2.05, 4.69) is 41.5 Å². The number of carbonyl (C=O) groups excluding carboxylic acids is 7. The molecule has 6 N–H and O–H groups in total. The number of aromatic nitrogens is 3. The zero-order valence-electron chi connectivity index (χ0n) is 34.4. The quantitative estimate of drug-likeness (QED) is 0.0692. The van der Waals surface area contributed by atoms with Crippen molar-refractivity contribution in [3.63, 3.8) is 0 Å². The highest BCUT2D eigenvalue weighted by atomic mass is 19.1. The van der Waals surface area contributed by atoms with E-state index in [0.717, 1.165) is 10.5 Å². The molecule has 1 atom stereocenters. The summed E-state index contributed by atoms with van der Waals surface area (Å²) in [5.74, 6) is -3.45. The van der Waals surface area contributed by atoms with E-state index >= 15 is 0 Å². The van der Waals surface area contributed by atoms with Crippen LogP contribution < -0.4 is 36.2 Å². The average molecular weight is 860 g/mol. The van der Waals surface area contributed by atoms with Gasteiger partial charge in [-0.3, -0.25) is 43.8 Å². The summed E-state index contributed by atoms with van der Waals surface area (Å²) in [6.45, 7) is 0.441. The van der Waals surface area contributed by atoms with Gasteiger partial charge in [0, 0.05) is 57.6 Å². The molecule has 1 saturated heterocycles. The molecule has 0 spiro atoms. The number of hydrogen-bond acceptors (Lipinski definition) is 13. The smallest absolute Gasteiger partial charge is 0.264 e. The monoisotopic (exact) mass is 859 g/mol. The maximum atomic E-state index is 14.8. The molecule has 1 unspecified atom stereocenters. The van der Waals surface area contributed by atoms with Crippen LogP contribution in [0.3, 0.4) is 0 Å². The Bertz CT molecular complexity index is 2740. The Balaban J connectivity index is 0.903. The molecule has 5 heterocycles. The Morgan fingerprint density at radius 1 is 0.968 bits per heavy atom. The molecule has 19 nitrogen and oxygen atoms in total. The lowest BCUT2D eigenvalue weighted by Crippen LogP contribution is -2.54. The minimum Gasteiger partial charge on any atom is -0.495 e. The van der Waals surface area contributed by atoms with Crippen molar-refractivity contribution in [2.24, 2.45) is 0 Å². The standard InChI is InChI=1S/C43H42FN11O8/c1-45-40(60)36-25(44)8-5-10-27(36)48-38-24-14-17-47-37(24)51-43(52-38)49-28-20-30-22(19-31(28)63-3)15-18-54(30)34(58)21-53(2)33(57)11-6-16-46-26-9-4-7-23-35(26)42(62)55(41(23)61)29-12-13-32(56)50-39(29)59/h4-5,7-10,14,17,19-20,29,46H,6,11-13,15-16,18,21H2,1-3H3,(H,45,60)(H,50,56,59)(H3,47,48,49,51,52). The van der Waals surface area contributed by atoms with Crippen LogP contribution in [-0.4, -0.2) is 113 Å². The fourth-order valence-corrected chi connectivity index (χ4v) is 7.96. The molecule has 63 heavy (non-hydrogen) atoms. The molecular formula is C43H42FN11O8. The van der Waals surface area contributed by atoms with E-state index in [1.54, 1.807) is 48.5 Å². The third-order valence-electron chi connectivity index (χ3n) is 11.1. The average Bonchev–Trinajstić information content (AvgIpc) is 3.98. The maximum absolute atomic E-state index is 14.8. The number of aromatic amines is 1. The van der Waals surface area contributed by atoms with Crippen LogP contribution in [-0.2, 0) is 25.6 Å². The first-order chi connectivity index (χ1) is 30.4. The molecule has 2 aromatic heterocycles. The Morgan fingerprint density at radius 2 is 1.76 bits per heavy atom. The molecule has 0 radical (unpaired) electrons. The molecule has 0 saturated carbocycles. The first-order valence-corrected chi connectivity index (χ1v) is 20.1. The van der Waals surface area contributed by atoms with Crippen molar-refractivity contribution in [1.29, 1.82) is 0 Å². The van der Waals surface area contributed by atoms with E-state index in [-0.39, 0.29) is 78.3 Å². The summed E-state index contributed by atoms with van der Waals surface area (Å²) in [6, 6.07) is 13.2. The first-order valence-electron chi connectivity index (χ1n) is 20.1. The highest BCUT2D eigenvalue weighted by Crippen LogP contribution is 2.39. The van der Waals surface area contributed by atoms with Gasteiger partial charge in [-0.25, -0.2) is 4.39 Å². The van der Waals surface area contributed by atoms with Gasteiger partial charge in [0.15, 0.2) is 0 Å². The molecular weight excluding hydrogens is 818 g/mol. The molecule has 5 aromatic rings.